The number of ether oxygens (including phenoxy) is 1. The summed E-state index contributed by atoms with van der Waals surface area (Å²) in [5.74, 6) is 3.62. The molecule has 5 heterocycles. The van der Waals surface area contributed by atoms with Crippen LogP contribution in [0.3, 0.4) is 0 Å². The van der Waals surface area contributed by atoms with Crippen LogP contribution in [0.2, 0.25) is 0 Å². The molecule has 0 spiro atoms. The first-order valence-corrected chi connectivity index (χ1v) is 23.4. The van der Waals surface area contributed by atoms with E-state index in [0.717, 1.165) is 94.3 Å². The summed E-state index contributed by atoms with van der Waals surface area (Å²) in [5, 5.41) is 4.51. The maximum atomic E-state index is 6.66. The van der Waals surface area contributed by atoms with E-state index in [9.17, 15) is 0 Å². The summed E-state index contributed by atoms with van der Waals surface area (Å²) < 4.78 is 11.1. The van der Waals surface area contributed by atoms with E-state index >= 15 is 0 Å². The molecule has 0 fully saturated rings. The Morgan fingerprint density at radius 2 is 1.17 bits per heavy atom. The molecule has 4 aromatic heterocycles. The van der Waals surface area contributed by atoms with Crippen LogP contribution < -0.4 is 14.5 Å². The van der Waals surface area contributed by atoms with E-state index in [4.69, 9.17) is 24.7 Å². The molecule has 70 heavy (non-hydrogen) atoms. The number of pyridine rings is 1. The Balaban J connectivity index is 0.00000533. The van der Waals surface area contributed by atoms with Gasteiger partial charge in [-0.15, -0.1) is 48.1 Å². The van der Waals surface area contributed by atoms with Crippen LogP contribution in [0.4, 0.5) is 23.0 Å². The molecule has 348 valence electrons. The van der Waals surface area contributed by atoms with Crippen molar-refractivity contribution in [3.63, 3.8) is 0 Å². The van der Waals surface area contributed by atoms with E-state index in [1.54, 1.807) is 0 Å². The van der Waals surface area contributed by atoms with E-state index in [2.05, 4.69) is 190 Å². The summed E-state index contributed by atoms with van der Waals surface area (Å²) in [6, 6.07) is 55.6. The molecule has 9 nitrogen and oxygen atoms in total. The van der Waals surface area contributed by atoms with Gasteiger partial charge >= 0.3 is 0 Å². The molecule has 12 rings (SSSR count). The molecular formula is C60H49N8OPt-3. The first-order valence-electron chi connectivity index (χ1n) is 23.4. The molecule has 1 aliphatic rings. The van der Waals surface area contributed by atoms with Gasteiger partial charge in [0.15, 0.2) is 5.82 Å². The van der Waals surface area contributed by atoms with Crippen molar-refractivity contribution in [2.24, 2.45) is 0 Å². The zero-order valence-electron chi connectivity index (χ0n) is 40.2. The largest absolute Gasteiger partial charge is 0.509 e. The average molecular weight is 1090 g/mol. The van der Waals surface area contributed by atoms with Gasteiger partial charge in [-0.3, -0.25) is 4.57 Å². The number of nitrogens with zero attached hydrogens (tertiary/aromatic N) is 8. The number of aryl methyl sites for hydroxylation is 5. The number of benzene rings is 7. The summed E-state index contributed by atoms with van der Waals surface area (Å²) in [5.41, 5.74) is 14.6. The first kappa shape index (κ1) is 44.9. The summed E-state index contributed by atoms with van der Waals surface area (Å²) in [6.45, 7) is 19.4. The van der Waals surface area contributed by atoms with E-state index in [1.165, 1.54) is 11.1 Å². The third kappa shape index (κ3) is 7.42. The Morgan fingerprint density at radius 3 is 1.89 bits per heavy atom. The zero-order chi connectivity index (χ0) is 47.3. The van der Waals surface area contributed by atoms with Crippen molar-refractivity contribution in [3.8, 4) is 34.7 Å². The zero-order valence-corrected chi connectivity index (χ0v) is 42.5. The number of fused-ring (bicyclic) bond motifs is 7. The molecular weight excluding hydrogens is 1040 g/mol. The van der Waals surface area contributed by atoms with Crippen molar-refractivity contribution < 1.29 is 25.8 Å². The van der Waals surface area contributed by atoms with Crippen LogP contribution in [0.15, 0.2) is 146 Å². The molecule has 0 saturated carbocycles. The molecule has 1 aliphatic heterocycles. The number of aromatic nitrogens is 6. The summed E-state index contributed by atoms with van der Waals surface area (Å²) >= 11 is 0. The van der Waals surface area contributed by atoms with Crippen LogP contribution >= 0.6 is 0 Å². The molecule has 0 N–H and O–H groups in total. The van der Waals surface area contributed by atoms with Crippen LogP contribution in [0, 0.1) is 53.4 Å². The normalized spacial score (nSPS) is 12.6. The quantitative estimate of drug-likeness (QED) is 0.147. The van der Waals surface area contributed by atoms with Crippen LogP contribution in [0.25, 0.3) is 66.8 Å². The predicted octanol–water partition coefficient (Wildman–Crippen LogP) is 14.8. The second-order valence-electron chi connectivity index (χ2n) is 19.2. The van der Waals surface area contributed by atoms with Crippen molar-refractivity contribution in [3.05, 3.63) is 198 Å². The van der Waals surface area contributed by atoms with Crippen LogP contribution in [-0.2, 0) is 26.5 Å². The summed E-state index contributed by atoms with van der Waals surface area (Å²) in [4.78, 5) is 25.1. The maximum absolute atomic E-state index is 6.66. The molecule has 11 aromatic rings. The van der Waals surface area contributed by atoms with Gasteiger partial charge in [-0.25, -0.2) is 4.98 Å². The minimum Gasteiger partial charge on any atom is -0.509 e. The van der Waals surface area contributed by atoms with E-state index in [0.29, 0.717) is 29.2 Å². The van der Waals surface area contributed by atoms with Crippen LogP contribution in [0.1, 0.15) is 54.2 Å². The van der Waals surface area contributed by atoms with Crippen molar-refractivity contribution in [2.75, 3.05) is 9.80 Å². The second kappa shape index (κ2) is 17.1. The molecule has 0 atom stereocenters. The Morgan fingerprint density at radius 1 is 0.543 bits per heavy atom. The monoisotopic (exact) mass is 1090 g/mol. The van der Waals surface area contributed by atoms with Gasteiger partial charge in [0, 0.05) is 72.0 Å². The van der Waals surface area contributed by atoms with Crippen molar-refractivity contribution in [2.45, 2.75) is 60.8 Å². The Kier molecular flexibility index (Phi) is 11.0. The molecule has 0 aliphatic carbocycles. The molecule has 0 saturated heterocycles. The SMILES string of the molecule is Cc1cc(C)c(-c2nc(N3[CH-]N(c4[c-]c(Oc5[c-]c6c(cc5)c5ccccc5n6-c5cc(C(C)(C)C)ccn5)ccc4)c4ccccc43)nc(-n3c4c(C)cccc4c4cccc(C)c43)n2)c(C)c1.[Pt]. The molecule has 0 unspecified atom stereocenters. The van der Waals surface area contributed by atoms with Crippen molar-refractivity contribution >= 4 is 66.6 Å². The van der Waals surface area contributed by atoms with Crippen LogP contribution in [-0.4, -0.2) is 29.1 Å². The number of anilines is 4. The Bertz CT molecular complexity index is 3800. The number of hydrogen-bond donors (Lipinski definition) is 0. The van der Waals surface area contributed by atoms with Crippen molar-refractivity contribution in [1.29, 1.82) is 0 Å². The second-order valence-corrected chi connectivity index (χ2v) is 19.2. The Hall–Kier alpha value is -7.61. The minimum atomic E-state index is -0.0393. The fourth-order valence-electron chi connectivity index (χ4n) is 10.3. The number of hydrogen-bond acceptors (Lipinski definition) is 7. The summed E-state index contributed by atoms with van der Waals surface area (Å²) in [6.07, 6.45) is 1.89. The van der Waals surface area contributed by atoms with Gasteiger partial charge in [0.05, 0.1) is 11.0 Å². The number of rotatable bonds is 7. The predicted molar refractivity (Wildman–Crippen MR) is 280 cm³/mol. The molecule has 0 bridgehead atoms. The fraction of sp³-hybridized carbons (Fsp3) is 0.150. The topological polar surface area (TPSA) is 77.1 Å². The van der Waals surface area contributed by atoms with Gasteiger partial charge in [0.2, 0.25) is 11.9 Å². The van der Waals surface area contributed by atoms with Crippen LogP contribution in [0.5, 0.6) is 11.5 Å². The minimum absolute atomic E-state index is 0. The van der Waals surface area contributed by atoms with E-state index < -0.39 is 0 Å². The molecule has 0 amide bonds. The van der Waals surface area contributed by atoms with Gasteiger partial charge in [0.25, 0.3) is 0 Å². The summed E-state index contributed by atoms with van der Waals surface area (Å²) in [7, 11) is 0. The Labute approximate surface area is 422 Å². The first-order chi connectivity index (χ1) is 33.4. The van der Waals surface area contributed by atoms with E-state index in [1.807, 2.05) is 49.3 Å². The van der Waals surface area contributed by atoms with Gasteiger partial charge in [-0.2, -0.15) is 27.1 Å². The maximum Gasteiger partial charge on any atom is 0.239 e. The third-order valence-electron chi connectivity index (χ3n) is 13.4. The average Bonchev–Trinajstić information content (AvgIpc) is 4.00. The third-order valence-corrected chi connectivity index (χ3v) is 13.4. The van der Waals surface area contributed by atoms with Gasteiger partial charge in [0.1, 0.15) is 5.82 Å². The van der Waals surface area contributed by atoms with E-state index in [-0.39, 0.29) is 26.5 Å². The molecule has 0 radical (unpaired) electrons. The number of para-hydroxylation sites is 5. The standard InChI is InChI=1S/C60H49N8O.Pt/c1-36-30-39(4)54(40(5)31-36)57-62-58(64-59(63-57)68-55-37(2)16-13-21-47(55)48-22-14-17-38(3)56(48)68)66-35-65(50-24-11-12-25-51(50)66)42-18-15-19-43(33-42)69-44-26-27-46-45-20-9-10-23-49(45)67(52(46)34-44)53-32-41(28-29-61-53)60(6,7)8;/h9-32,35H,1-8H3;/q-3;. The van der Waals surface area contributed by atoms with Gasteiger partial charge in [-0.1, -0.05) is 111 Å². The van der Waals surface area contributed by atoms with Gasteiger partial charge < -0.3 is 19.1 Å². The van der Waals surface area contributed by atoms with Crippen molar-refractivity contribution in [1.82, 2.24) is 29.1 Å². The molecule has 10 heteroatoms. The fourth-order valence-corrected chi connectivity index (χ4v) is 10.3. The smallest absolute Gasteiger partial charge is 0.239 e. The molecule has 7 aromatic carbocycles. The van der Waals surface area contributed by atoms with Gasteiger partial charge in [-0.05, 0) is 104 Å².